The molecule has 0 saturated carbocycles. The highest BCUT2D eigenvalue weighted by Gasteiger charge is 2.13. The SMILES string of the molecule is O=C(N/N=C/c1ccc(Cl)cc1Cl)c1n[nH]c(=O)c2ccccc12. The Hall–Kier alpha value is -2.70. The molecule has 0 unspecified atom stereocenters. The van der Waals surface area contributed by atoms with Crippen LogP contribution in [0.5, 0.6) is 0 Å². The van der Waals surface area contributed by atoms with E-state index in [9.17, 15) is 9.59 Å². The van der Waals surface area contributed by atoms with E-state index in [4.69, 9.17) is 23.2 Å². The highest BCUT2D eigenvalue weighted by Crippen LogP contribution is 2.19. The van der Waals surface area contributed by atoms with Gasteiger partial charge < -0.3 is 0 Å². The molecule has 6 nitrogen and oxygen atoms in total. The first-order chi connectivity index (χ1) is 11.6. The zero-order valence-corrected chi connectivity index (χ0v) is 13.6. The lowest BCUT2D eigenvalue weighted by molar-refractivity contribution is 0.0951. The standard InChI is InChI=1S/C16H10Cl2N4O2/c17-10-6-5-9(13(18)7-10)8-19-21-16(24)14-11-3-1-2-4-12(11)15(23)22-20-14/h1-8H,(H,21,24)(H,22,23)/b19-8+. The van der Waals surface area contributed by atoms with Crippen LogP contribution in [-0.4, -0.2) is 22.3 Å². The Morgan fingerprint density at radius 2 is 1.92 bits per heavy atom. The molecule has 0 aliphatic rings. The molecule has 0 aliphatic heterocycles. The second-order valence-corrected chi connectivity index (χ2v) is 5.66. The van der Waals surface area contributed by atoms with E-state index >= 15 is 0 Å². The molecular weight excluding hydrogens is 351 g/mol. The number of nitrogens with zero attached hydrogens (tertiary/aromatic N) is 2. The zero-order chi connectivity index (χ0) is 17.1. The maximum atomic E-state index is 12.2. The molecule has 0 bridgehead atoms. The minimum absolute atomic E-state index is 0.0737. The summed E-state index contributed by atoms with van der Waals surface area (Å²) in [7, 11) is 0. The first-order valence-electron chi connectivity index (χ1n) is 6.82. The third-order valence-electron chi connectivity index (χ3n) is 3.24. The van der Waals surface area contributed by atoms with Crippen molar-refractivity contribution in [3.8, 4) is 0 Å². The van der Waals surface area contributed by atoms with Crippen LogP contribution in [0.1, 0.15) is 16.1 Å². The molecule has 0 radical (unpaired) electrons. The van der Waals surface area contributed by atoms with E-state index in [2.05, 4.69) is 20.7 Å². The van der Waals surface area contributed by atoms with E-state index in [-0.39, 0.29) is 11.3 Å². The van der Waals surface area contributed by atoms with Crippen LogP contribution in [0.3, 0.4) is 0 Å². The number of aromatic nitrogens is 2. The van der Waals surface area contributed by atoms with Crippen molar-refractivity contribution in [2.24, 2.45) is 5.10 Å². The average molecular weight is 361 g/mol. The van der Waals surface area contributed by atoms with Gasteiger partial charge in [0, 0.05) is 16.0 Å². The zero-order valence-electron chi connectivity index (χ0n) is 12.1. The predicted octanol–water partition coefficient (Wildman–Crippen LogP) is 2.99. The fourth-order valence-corrected chi connectivity index (χ4v) is 2.56. The second kappa shape index (κ2) is 6.82. The van der Waals surface area contributed by atoms with Crippen LogP contribution in [0.2, 0.25) is 10.0 Å². The third-order valence-corrected chi connectivity index (χ3v) is 3.81. The van der Waals surface area contributed by atoms with E-state index < -0.39 is 5.91 Å². The van der Waals surface area contributed by atoms with Crippen LogP contribution in [0, 0.1) is 0 Å². The molecule has 24 heavy (non-hydrogen) atoms. The van der Waals surface area contributed by atoms with Crippen molar-refractivity contribution >= 4 is 46.1 Å². The monoisotopic (exact) mass is 360 g/mol. The van der Waals surface area contributed by atoms with Crippen LogP contribution in [0.25, 0.3) is 10.8 Å². The lowest BCUT2D eigenvalue weighted by Crippen LogP contribution is -2.22. The van der Waals surface area contributed by atoms with E-state index in [0.29, 0.717) is 26.4 Å². The average Bonchev–Trinajstić information content (AvgIpc) is 2.57. The fourth-order valence-electron chi connectivity index (χ4n) is 2.11. The van der Waals surface area contributed by atoms with Gasteiger partial charge in [0.2, 0.25) is 0 Å². The van der Waals surface area contributed by atoms with Crippen molar-refractivity contribution in [2.75, 3.05) is 0 Å². The molecule has 1 amide bonds. The molecule has 3 aromatic rings. The Labute approximate surface area is 146 Å². The van der Waals surface area contributed by atoms with Gasteiger partial charge in [-0.25, -0.2) is 10.5 Å². The number of aromatic amines is 1. The van der Waals surface area contributed by atoms with Gasteiger partial charge >= 0.3 is 0 Å². The molecule has 8 heteroatoms. The minimum Gasteiger partial charge on any atom is -0.267 e. The number of nitrogens with one attached hydrogen (secondary N) is 2. The molecule has 1 heterocycles. The molecule has 0 saturated heterocycles. The Morgan fingerprint density at radius 1 is 1.17 bits per heavy atom. The number of carbonyl (C=O) groups excluding carboxylic acids is 1. The first kappa shape index (κ1) is 16.2. The van der Waals surface area contributed by atoms with E-state index in [0.717, 1.165) is 0 Å². The molecule has 120 valence electrons. The number of hydrogen-bond donors (Lipinski definition) is 2. The summed E-state index contributed by atoms with van der Waals surface area (Å²) < 4.78 is 0. The number of H-pyrrole nitrogens is 1. The molecule has 0 spiro atoms. The highest BCUT2D eigenvalue weighted by molar-refractivity contribution is 6.36. The van der Waals surface area contributed by atoms with Crippen LogP contribution in [0.4, 0.5) is 0 Å². The van der Waals surface area contributed by atoms with Crippen molar-refractivity contribution < 1.29 is 4.79 Å². The minimum atomic E-state index is -0.552. The molecular formula is C16H10Cl2N4O2. The van der Waals surface area contributed by atoms with Gasteiger partial charge in [-0.1, -0.05) is 47.5 Å². The molecule has 0 aliphatic carbocycles. The summed E-state index contributed by atoms with van der Waals surface area (Å²) in [6.45, 7) is 0. The lowest BCUT2D eigenvalue weighted by atomic mass is 10.1. The first-order valence-corrected chi connectivity index (χ1v) is 7.58. The van der Waals surface area contributed by atoms with Crippen LogP contribution >= 0.6 is 23.2 Å². The van der Waals surface area contributed by atoms with Gasteiger partial charge in [0.1, 0.15) is 0 Å². The maximum absolute atomic E-state index is 12.2. The van der Waals surface area contributed by atoms with Crippen molar-refractivity contribution in [2.45, 2.75) is 0 Å². The summed E-state index contributed by atoms with van der Waals surface area (Å²) in [4.78, 5) is 23.9. The van der Waals surface area contributed by atoms with Crippen molar-refractivity contribution in [1.82, 2.24) is 15.6 Å². The number of benzene rings is 2. The quantitative estimate of drug-likeness (QED) is 0.555. The van der Waals surface area contributed by atoms with E-state index in [1.165, 1.54) is 6.21 Å². The summed E-state index contributed by atoms with van der Waals surface area (Å²) in [5.41, 5.74) is 2.66. The van der Waals surface area contributed by atoms with E-state index in [1.807, 2.05) is 0 Å². The molecule has 3 rings (SSSR count). The van der Waals surface area contributed by atoms with Crippen LogP contribution in [-0.2, 0) is 0 Å². The number of hydrazone groups is 1. The Balaban J connectivity index is 1.84. The van der Waals surface area contributed by atoms with Crippen LogP contribution in [0.15, 0.2) is 52.4 Å². The maximum Gasteiger partial charge on any atom is 0.292 e. The normalized spacial score (nSPS) is 11.1. The Kier molecular flexibility index (Phi) is 4.59. The largest absolute Gasteiger partial charge is 0.292 e. The number of halogens is 2. The smallest absolute Gasteiger partial charge is 0.267 e. The highest BCUT2D eigenvalue weighted by atomic mass is 35.5. The van der Waals surface area contributed by atoms with Gasteiger partial charge in [-0.15, -0.1) is 0 Å². The number of rotatable bonds is 3. The fraction of sp³-hybridized carbons (Fsp3) is 0. The van der Waals surface area contributed by atoms with Crippen molar-refractivity contribution in [1.29, 1.82) is 0 Å². The summed E-state index contributed by atoms with van der Waals surface area (Å²) in [6, 6.07) is 11.6. The molecule has 2 N–H and O–H groups in total. The number of carbonyl (C=O) groups is 1. The van der Waals surface area contributed by atoms with Gasteiger partial charge in [0.25, 0.3) is 11.5 Å². The lowest BCUT2D eigenvalue weighted by Gasteiger charge is -2.03. The second-order valence-electron chi connectivity index (χ2n) is 4.81. The Morgan fingerprint density at radius 3 is 2.67 bits per heavy atom. The predicted molar refractivity (Wildman–Crippen MR) is 93.9 cm³/mol. The van der Waals surface area contributed by atoms with Gasteiger partial charge in [-0.05, 0) is 18.2 Å². The van der Waals surface area contributed by atoms with Crippen molar-refractivity contribution in [3.63, 3.8) is 0 Å². The summed E-state index contributed by atoms with van der Waals surface area (Å²) in [5, 5.41) is 11.7. The van der Waals surface area contributed by atoms with Gasteiger partial charge in [0.15, 0.2) is 5.69 Å². The topological polar surface area (TPSA) is 87.2 Å². The molecule has 2 aromatic carbocycles. The van der Waals surface area contributed by atoms with Crippen molar-refractivity contribution in [3.05, 3.63) is 74.1 Å². The van der Waals surface area contributed by atoms with Crippen LogP contribution < -0.4 is 11.0 Å². The number of fused-ring (bicyclic) bond motifs is 1. The van der Waals surface area contributed by atoms with Gasteiger partial charge in [-0.3, -0.25) is 9.59 Å². The number of hydrogen-bond acceptors (Lipinski definition) is 4. The molecule has 0 fully saturated rings. The summed E-state index contributed by atoms with van der Waals surface area (Å²) >= 11 is 11.8. The summed E-state index contributed by atoms with van der Waals surface area (Å²) in [5.74, 6) is -0.552. The third kappa shape index (κ3) is 3.29. The Bertz CT molecular complexity index is 1010. The molecule has 1 aromatic heterocycles. The molecule has 0 atom stereocenters. The van der Waals surface area contributed by atoms with Gasteiger partial charge in [0.05, 0.1) is 16.6 Å². The van der Waals surface area contributed by atoms with E-state index in [1.54, 1.807) is 42.5 Å². The summed E-state index contributed by atoms with van der Waals surface area (Å²) in [6.07, 6.45) is 1.39. The number of amides is 1. The van der Waals surface area contributed by atoms with Gasteiger partial charge in [-0.2, -0.15) is 10.2 Å².